The average Bonchev–Trinajstić information content (AvgIpc) is 2.65. The van der Waals surface area contributed by atoms with Gasteiger partial charge in [0.2, 0.25) is 0 Å². The summed E-state index contributed by atoms with van der Waals surface area (Å²) in [5, 5.41) is 0. The van der Waals surface area contributed by atoms with Crippen LogP contribution in [0.1, 0.15) is 59.8 Å². The molecule has 0 nitrogen and oxygen atoms in total. The number of hydrogen-bond donors (Lipinski definition) is 0. The Hall–Kier alpha value is 0.0300. The van der Waals surface area contributed by atoms with Gasteiger partial charge in [-0.3, -0.25) is 0 Å². The molecule has 1 heteroatoms. The van der Waals surface area contributed by atoms with Crippen LogP contribution in [0.15, 0.2) is 11.6 Å². The van der Waals surface area contributed by atoms with Gasteiger partial charge in [0.1, 0.15) is 0 Å². The van der Waals surface area contributed by atoms with E-state index in [9.17, 15) is 0 Å². The third-order valence-electron chi connectivity index (χ3n) is 4.74. The van der Waals surface area contributed by atoms with Crippen LogP contribution in [0.25, 0.3) is 0 Å². The lowest BCUT2D eigenvalue weighted by Gasteiger charge is -2.33. The van der Waals surface area contributed by atoms with E-state index < -0.39 is 0 Å². The Bertz CT molecular complexity index is 293. The summed E-state index contributed by atoms with van der Waals surface area (Å²) in [5.74, 6) is 1.85. The summed E-state index contributed by atoms with van der Waals surface area (Å²) < 4.78 is 0. The summed E-state index contributed by atoms with van der Waals surface area (Å²) in [7, 11) is 0. The van der Waals surface area contributed by atoms with E-state index in [-0.39, 0.29) is 4.87 Å². The molecule has 0 radical (unpaired) electrons. The van der Waals surface area contributed by atoms with Crippen LogP contribution in [-0.4, -0.2) is 4.87 Å². The smallest absolute Gasteiger partial charge is 0.0393 e. The third kappa shape index (κ3) is 2.32. The van der Waals surface area contributed by atoms with Crippen LogP contribution >= 0.6 is 11.6 Å². The Kier molecular flexibility index (Phi) is 3.16. The first kappa shape index (κ1) is 12.5. The zero-order valence-corrected chi connectivity index (χ0v) is 11.9. The largest absolute Gasteiger partial charge is 0.120 e. The Morgan fingerprint density at radius 2 is 2.06 bits per heavy atom. The predicted molar refractivity (Wildman–Crippen MR) is 71.9 cm³/mol. The van der Waals surface area contributed by atoms with Gasteiger partial charge in [-0.1, -0.05) is 25.5 Å². The van der Waals surface area contributed by atoms with E-state index in [0.29, 0.717) is 5.41 Å². The lowest BCUT2D eigenvalue weighted by atomic mass is 9.72. The number of allylic oxidation sites excluding steroid dienone is 2. The summed E-state index contributed by atoms with van der Waals surface area (Å²) >= 11 is 6.24. The standard InChI is InChI=1S/C15H25Cl/c1-14(2,16)9-5-6-13-11-7-8-12(10-11)15(13,3)4/h6,11-12H,5,7-10H2,1-4H3/b13-6+. The van der Waals surface area contributed by atoms with E-state index in [4.69, 9.17) is 11.6 Å². The van der Waals surface area contributed by atoms with Gasteiger partial charge in [0.15, 0.2) is 0 Å². The lowest BCUT2D eigenvalue weighted by molar-refractivity contribution is 0.287. The maximum absolute atomic E-state index is 6.24. The fourth-order valence-corrected chi connectivity index (χ4v) is 3.79. The molecule has 2 aliphatic rings. The third-order valence-corrected chi connectivity index (χ3v) is 4.93. The monoisotopic (exact) mass is 240 g/mol. The van der Waals surface area contributed by atoms with E-state index in [1.807, 2.05) is 0 Å². The maximum Gasteiger partial charge on any atom is 0.0393 e. The van der Waals surface area contributed by atoms with Crippen molar-refractivity contribution in [3.8, 4) is 0 Å². The topological polar surface area (TPSA) is 0 Å². The van der Waals surface area contributed by atoms with Gasteiger partial charge >= 0.3 is 0 Å². The molecule has 0 aliphatic heterocycles. The second-order valence-electron chi connectivity index (χ2n) is 6.85. The van der Waals surface area contributed by atoms with E-state index >= 15 is 0 Å². The SMILES string of the molecule is CC(C)(Cl)CC/C=C1\C2CCC(C2)C1(C)C. The fraction of sp³-hybridized carbons (Fsp3) is 0.867. The molecule has 2 aliphatic carbocycles. The van der Waals surface area contributed by atoms with Crippen LogP contribution in [0, 0.1) is 17.3 Å². The summed E-state index contributed by atoms with van der Waals surface area (Å²) in [6.07, 6.45) is 9.08. The van der Waals surface area contributed by atoms with Crippen molar-refractivity contribution in [1.82, 2.24) is 0 Å². The van der Waals surface area contributed by atoms with Crippen molar-refractivity contribution in [2.75, 3.05) is 0 Å². The second kappa shape index (κ2) is 4.05. The molecule has 0 aromatic carbocycles. The molecule has 2 bridgehead atoms. The molecule has 0 amide bonds. The van der Waals surface area contributed by atoms with Gasteiger partial charge in [-0.05, 0) is 63.2 Å². The molecule has 0 aromatic heterocycles. The van der Waals surface area contributed by atoms with E-state index in [0.717, 1.165) is 24.7 Å². The van der Waals surface area contributed by atoms with Crippen molar-refractivity contribution in [2.45, 2.75) is 64.7 Å². The van der Waals surface area contributed by atoms with E-state index in [1.54, 1.807) is 5.57 Å². The van der Waals surface area contributed by atoms with Crippen molar-refractivity contribution < 1.29 is 0 Å². The summed E-state index contributed by atoms with van der Waals surface area (Å²) in [6, 6.07) is 0. The van der Waals surface area contributed by atoms with Crippen molar-refractivity contribution in [3.63, 3.8) is 0 Å². The summed E-state index contributed by atoms with van der Waals surface area (Å²) in [6.45, 7) is 9.10. The van der Waals surface area contributed by atoms with Gasteiger partial charge in [-0.25, -0.2) is 0 Å². The highest BCUT2D eigenvalue weighted by Gasteiger charge is 2.48. The zero-order valence-electron chi connectivity index (χ0n) is 11.1. The van der Waals surface area contributed by atoms with Gasteiger partial charge in [0.25, 0.3) is 0 Å². The van der Waals surface area contributed by atoms with Crippen LogP contribution in [-0.2, 0) is 0 Å². The Balaban J connectivity index is 2.01. The molecule has 0 aromatic rings. The summed E-state index contributed by atoms with van der Waals surface area (Å²) in [4.78, 5) is -0.0428. The number of halogens is 1. The van der Waals surface area contributed by atoms with Crippen LogP contribution < -0.4 is 0 Å². The van der Waals surface area contributed by atoms with Crippen LogP contribution in [0.3, 0.4) is 0 Å². The normalized spacial score (nSPS) is 34.9. The molecule has 0 heterocycles. The highest BCUT2D eigenvalue weighted by Crippen LogP contribution is 2.59. The van der Waals surface area contributed by atoms with E-state index in [2.05, 4.69) is 33.8 Å². The molecule has 2 fully saturated rings. The molecule has 16 heavy (non-hydrogen) atoms. The molecule has 0 N–H and O–H groups in total. The predicted octanol–water partition coefficient (Wildman–Crippen LogP) is 5.17. The van der Waals surface area contributed by atoms with Gasteiger partial charge in [-0.15, -0.1) is 11.6 Å². The zero-order chi connectivity index (χ0) is 12.0. The van der Waals surface area contributed by atoms with Gasteiger partial charge < -0.3 is 0 Å². The quantitative estimate of drug-likeness (QED) is 0.472. The molecule has 2 rings (SSSR count). The number of hydrogen-bond acceptors (Lipinski definition) is 0. The first-order valence-corrected chi connectivity index (χ1v) is 7.08. The Labute approximate surface area is 105 Å². The number of rotatable bonds is 3. The Morgan fingerprint density at radius 3 is 2.56 bits per heavy atom. The Morgan fingerprint density at radius 1 is 1.38 bits per heavy atom. The molecule has 2 unspecified atom stereocenters. The van der Waals surface area contributed by atoms with Gasteiger partial charge in [0, 0.05) is 4.87 Å². The van der Waals surface area contributed by atoms with Crippen LogP contribution in [0.4, 0.5) is 0 Å². The molecular formula is C15H25Cl. The highest BCUT2D eigenvalue weighted by molar-refractivity contribution is 6.23. The average molecular weight is 241 g/mol. The summed E-state index contributed by atoms with van der Waals surface area (Å²) in [5.41, 5.74) is 2.21. The minimum atomic E-state index is -0.0428. The van der Waals surface area contributed by atoms with Crippen LogP contribution in [0.5, 0.6) is 0 Å². The number of alkyl halides is 1. The second-order valence-corrected chi connectivity index (χ2v) is 7.87. The van der Waals surface area contributed by atoms with Gasteiger partial charge in [-0.2, -0.15) is 0 Å². The number of fused-ring (bicyclic) bond motifs is 2. The van der Waals surface area contributed by atoms with E-state index in [1.165, 1.54) is 19.3 Å². The maximum atomic E-state index is 6.24. The molecule has 2 atom stereocenters. The molecule has 0 saturated heterocycles. The van der Waals surface area contributed by atoms with Crippen molar-refractivity contribution >= 4 is 11.6 Å². The highest BCUT2D eigenvalue weighted by atomic mass is 35.5. The minimum Gasteiger partial charge on any atom is -0.120 e. The van der Waals surface area contributed by atoms with Gasteiger partial charge in [0.05, 0.1) is 0 Å². The molecule has 92 valence electrons. The molecule has 0 spiro atoms. The fourth-order valence-electron chi connectivity index (χ4n) is 3.68. The molecule has 2 saturated carbocycles. The van der Waals surface area contributed by atoms with Crippen molar-refractivity contribution in [3.05, 3.63) is 11.6 Å². The van der Waals surface area contributed by atoms with Crippen molar-refractivity contribution in [2.24, 2.45) is 17.3 Å². The van der Waals surface area contributed by atoms with Crippen LogP contribution in [0.2, 0.25) is 0 Å². The first-order chi connectivity index (χ1) is 7.31. The first-order valence-electron chi connectivity index (χ1n) is 6.70. The lowest BCUT2D eigenvalue weighted by Crippen LogP contribution is -2.23. The minimum absolute atomic E-state index is 0.0428. The van der Waals surface area contributed by atoms with Crippen molar-refractivity contribution in [1.29, 1.82) is 0 Å². The molecular weight excluding hydrogens is 216 g/mol.